The van der Waals surface area contributed by atoms with Gasteiger partial charge < -0.3 is 15.0 Å². The molecule has 0 bridgehead atoms. The van der Waals surface area contributed by atoms with Crippen molar-refractivity contribution in [3.8, 4) is 5.75 Å². The van der Waals surface area contributed by atoms with Crippen LogP contribution in [0.15, 0.2) is 24.3 Å². The Balaban J connectivity index is 1.80. The quantitative estimate of drug-likeness (QED) is 0.887. The number of nitrogens with zero attached hydrogens (tertiary/aromatic N) is 1. The summed E-state index contributed by atoms with van der Waals surface area (Å²) in [5.41, 5.74) is 1.03. The molecule has 1 fully saturated rings. The van der Waals surface area contributed by atoms with Crippen LogP contribution in [0.25, 0.3) is 0 Å². The molecule has 1 amide bonds. The van der Waals surface area contributed by atoms with Gasteiger partial charge in [0.05, 0.1) is 0 Å². The number of hydrogen-bond donors (Lipinski definition) is 1. The largest absolute Gasteiger partial charge is 0.484 e. The van der Waals surface area contributed by atoms with Crippen molar-refractivity contribution >= 4 is 11.6 Å². The average molecular weight is 248 g/mol. The fourth-order valence-corrected chi connectivity index (χ4v) is 2.10. The summed E-state index contributed by atoms with van der Waals surface area (Å²) in [5, 5.41) is 3.04. The van der Waals surface area contributed by atoms with Crippen LogP contribution >= 0.6 is 0 Å². The fourth-order valence-electron chi connectivity index (χ4n) is 2.10. The van der Waals surface area contributed by atoms with E-state index in [1.165, 1.54) is 6.42 Å². The van der Waals surface area contributed by atoms with E-state index in [1.54, 1.807) is 0 Å². The lowest BCUT2D eigenvalue weighted by Crippen LogP contribution is -2.38. The SMILES string of the molecule is CNc1ccc(OCC(=O)N2CCCCC2)cc1. The normalized spacial score (nSPS) is 15.3. The Kier molecular flexibility index (Phi) is 4.45. The number of likely N-dealkylation sites (tertiary alicyclic amines) is 1. The summed E-state index contributed by atoms with van der Waals surface area (Å²) >= 11 is 0. The van der Waals surface area contributed by atoms with Crippen molar-refractivity contribution in [2.75, 3.05) is 32.1 Å². The number of benzene rings is 1. The molecule has 0 saturated carbocycles. The molecule has 1 heterocycles. The highest BCUT2D eigenvalue weighted by Gasteiger charge is 2.16. The van der Waals surface area contributed by atoms with Gasteiger partial charge in [0.1, 0.15) is 5.75 Å². The molecule has 0 unspecified atom stereocenters. The van der Waals surface area contributed by atoms with E-state index >= 15 is 0 Å². The van der Waals surface area contributed by atoms with Crippen LogP contribution < -0.4 is 10.1 Å². The van der Waals surface area contributed by atoms with Gasteiger partial charge in [0.15, 0.2) is 6.61 Å². The first-order chi connectivity index (χ1) is 8.79. The monoisotopic (exact) mass is 248 g/mol. The number of hydrogen-bond acceptors (Lipinski definition) is 3. The number of carbonyl (C=O) groups is 1. The molecule has 0 aliphatic carbocycles. The van der Waals surface area contributed by atoms with Gasteiger partial charge in [-0.2, -0.15) is 0 Å². The number of carbonyl (C=O) groups excluding carboxylic acids is 1. The van der Waals surface area contributed by atoms with Crippen molar-refractivity contribution in [1.82, 2.24) is 4.90 Å². The van der Waals surface area contributed by atoms with E-state index in [-0.39, 0.29) is 12.5 Å². The smallest absolute Gasteiger partial charge is 0.260 e. The Bertz CT molecular complexity index is 383. The minimum absolute atomic E-state index is 0.0902. The molecule has 0 atom stereocenters. The van der Waals surface area contributed by atoms with E-state index in [0.29, 0.717) is 0 Å². The summed E-state index contributed by atoms with van der Waals surface area (Å²) in [7, 11) is 1.87. The predicted molar refractivity (Wildman–Crippen MR) is 71.9 cm³/mol. The van der Waals surface area contributed by atoms with E-state index in [2.05, 4.69) is 5.32 Å². The van der Waals surface area contributed by atoms with Gasteiger partial charge in [0, 0.05) is 25.8 Å². The zero-order valence-corrected chi connectivity index (χ0v) is 10.8. The Labute approximate surface area is 108 Å². The van der Waals surface area contributed by atoms with Gasteiger partial charge in [0.25, 0.3) is 5.91 Å². The zero-order valence-electron chi connectivity index (χ0n) is 10.8. The summed E-state index contributed by atoms with van der Waals surface area (Å²) in [6.45, 7) is 1.89. The Hall–Kier alpha value is -1.71. The second-order valence-electron chi connectivity index (χ2n) is 4.50. The van der Waals surface area contributed by atoms with Gasteiger partial charge in [-0.05, 0) is 43.5 Å². The molecule has 0 aromatic heterocycles. The molecule has 4 heteroatoms. The molecule has 18 heavy (non-hydrogen) atoms. The van der Waals surface area contributed by atoms with Gasteiger partial charge in [-0.25, -0.2) is 0 Å². The molecule has 1 aromatic rings. The van der Waals surface area contributed by atoms with Crippen molar-refractivity contribution in [3.63, 3.8) is 0 Å². The Morgan fingerprint density at radius 2 is 1.89 bits per heavy atom. The second-order valence-corrected chi connectivity index (χ2v) is 4.50. The maximum absolute atomic E-state index is 11.9. The molecule has 1 aromatic carbocycles. The number of rotatable bonds is 4. The van der Waals surface area contributed by atoms with Crippen LogP contribution in [0.4, 0.5) is 5.69 Å². The van der Waals surface area contributed by atoms with Gasteiger partial charge in [-0.15, -0.1) is 0 Å². The number of amides is 1. The van der Waals surface area contributed by atoms with Crippen molar-refractivity contribution in [2.45, 2.75) is 19.3 Å². The molecule has 98 valence electrons. The van der Waals surface area contributed by atoms with Gasteiger partial charge in [-0.1, -0.05) is 0 Å². The maximum atomic E-state index is 11.9. The van der Waals surface area contributed by atoms with Crippen LogP contribution in [0.2, 0.25) is 0 Å². The number of anilines is 1. The van der Waals surface area contributed by atoms with Crippen LogP contribution in [0.5, 0.6) is 5.75 Å². The van der Waals surface area contributed by atoms with E-state index in [4.69, 9.17) is 4.74 Å². The first-order valence-corrected chi connectivity index (χ1v) is 6.48. The Morgan fingerprint density at radius 3 is 2.50 bits per heavy atom. The Morgan fingerprint density at radius 1 is 1.22 bits per heavy atom. The van der Waals surface area contributed by atoms with Crippen LogP contribution in [-0.4, -0.2) is 37.6 Å². The predicted octanol–water partition coefficient (Wildman–Crippen LogP) is 2.12. The number of ether oxygens (including phenoxy) is 1. The van der Waals surface area contributed by atoms with E-state index in [9.17, 15) is 4.79 Å². The molecule has 1 saturated heterocycles. The molecule has 1 N–H and O–H groups in total. The van der Waals surface area contributed by atoms with Crippen LogP contribution in [0.1, 0.15) is 19.3 Å². The maximum Gasteiger partial charge on any atom is 0.260 e. The molecule has 0 radical (unpaired) electrons. The molecular weight excluding hydrogens is 228 g/mol. The van der Waals surface area contributed by atoms with Crippen LogP contribution in [0, 0.1) is 0 Å². The van der Waals surface area contributed by atoms with E-state index in [0.717, 1.165) is 37.4 Å². The summed E-state index contributed by atoms with van der Waals surface area (Å²) < 4.78 is 5.50. The summed E-state index contributed by atoms with van der Waals surface area (Å²) in [4.78, 5) is 13.8. The molecule has 1 aliphatic rings. The third-order valence-electron chi connectivity index (χ3n) is 3.21. The zero-order chi connectivity index (χ0) is 12.8. The fraction of sp³-hybridized carbons (Fsp3) is 0.500. The highest BCUT2D eigenvalue weighted by Crippen LogP contribution is 2.15. The van der Waals surface area contributed by atoms with Crippen LogP contribution in [0.3, 0.4) is 0 Å². The highest BCUT2D eigenvalue weighted by atomic mass is 16.5. The van der Waals surface area contributed by atoms with Gasteiger partial charge >= 0.3 is 0 Å². The summed E-state index contributed by atoms with van der Waals surface area (Å²) in [6.07, 6.45) is 3.46. The highest BCUT2D eigenvalue weighted by molar-refractivity contribution is 5.77. The third kappa shape index (κ3) is 3.39. The molecule has 0 spiro atoms. The topological polar surface area (TPSA) is 41.6 Å². The van der Waals surface area contributed by atoms with Crippen molar-refractivity contribution in [1.29, 1.82) is 0 Å². The minimum Gasteiger partial charge on any atom is -0.484 e. The molecular formula is C14H20N2O2. The molecule has 2 rings (SSSR count). The van der Waals surface area contributed by atoms with E-state index in [1.807, 2.05) is 36.2 Å². The lowest BCUT2D eigenvalue weighted by atomic mass is 10.1. The van der Waals surface area contributed by atoms with Gasteiger partial charge in [-0.3, -0.25) is 4.79 Å². The first-order valence-electron chi connectivity index (χ1n) is 6.48. The lowest BCUT2D eigenvalue weighted by molar-refractivity contribution is -0.134. The number of nitrogens with one attached hydrogen (secondary N) is 1. The van der Waals surface area contributed by atoms with E-state index < -0.39 is 0 Å². The third-order valence-corrected chi connectivity index (χ3v) is 3.21. The lowest BCUT2D eigenvalue weighted by Gasteiger charge is -2.26. The summed E-state index contributed by atoms with van der Waals surface area (Å²) in [6, 6.07) is 7.60. The van der Waals surface area contributed by atoms with Crippen molar-refractivity contribution in [3.05, 3.63) is 24.3 Å². The summed E-state index contributed by atoms with van der Waals surface area (Å²) in [5.74, 6) is 0.826. The second kappa shape index (κ2) is 6.28. The molecule has 1 aliphatic heterocycles. The average Bonchev–Trinajstić information content (AvgIpc) is 2.46. The van der Waals surface area contributed by atoms with Gasteiger partial charge in [0.2, 0.25) is 0 Å². The molecule has 4 nitrogen and oxygen atoms in total. The van der Waals surface area contributed by atoms with Crippen molar-refractivity contribution in [2.24, 2.45) is 0 Å². The number of piperidine rings is 1. The van der Waals surface area contributed by atoms with Crippen molar-refractivity contribution < 1.29 is 9.53 Å². The first kappa shape index (κ1) is 12.7. The standard InChI is InChI=1S/C14H20N2O2/c1-15-12-5-7-13(8-6-12)18-11-14(17)16-9-3-2-4-10-16/h5-8,15H,2-4,9-11H2,1H3. The minimum atomic E-state index is 0.0902. The van der Waals surface area contributed by atoms with Crippen LogP contribution in [-0.2, 0) is 4.79 Å².